The number of nitrogens with two attached hydrogens (primary N) is 2. The van der Waals surface area contributed by atoms with Crippen molar-refractivity contribution in [3.05, 3.63) is 23.8 Å². The van der Waals surface area contributed by atoms with Crippen LogP contribution in [0.5, 0.6) is 0 Å². The molecule has 24 nitrogen and oxygen atoms in total. The van der Waals surface area contributed by atoms with E-state index in [0.29, 0.717) is 45.2 Å². The monoisotopic (exact) mass is 945 g/mol. The first kappa shape index (κ1) is 55.7. The van der Waals surface area contributed by atoms with Crippen LogP contribution < -0.4 is 27.4 Å². The van der Waals surface area contributed by atoms with Crippen LogP contribution in [0.15, 0.2) is 12.4 Å². The van der Waals surface area contributed by atoms with Crippen LogP contribution in [-0.4, -0.2) is 134 Å². The van der Waals surface area contributed by atoms with Gasteiger partial charge in [0.1, 0.15) is 5.78 Å². The molecule has 2 aromatic heterocycles. The van der Waals surface area contributed by atoms with E-state index in [9.17, 15) is 52.5 Å². The predicted molar refractivity (Wildman–Crippen MR) is 230 cm³/mol. The molecule has 0 aliphatic rings. The van der Waals surface area contributed by atoms with E-state index in [-0.39, 0.29) is 74.6 Å². The molecule has 0 radical (unpaired) electrons. The maximum Gasteiger partial charge on any atom is 0.327 e. The summed E-state index contributed by atoms with van der Waals surface area (Å²) in [5.41, 5.74) is 11.7. The Morgan fingerprint density at radius 2 is 1.14 bits per heavy atom. The summed E-state index contributed by atoms with van der Waals surface area (Å²) in [6.07, 6.45) is 3.13. The van der Waals surface area contributed by atoms with Crippen molar-refractivity contribution in [1.29, 1.82) is 0 Å². The fourth-order valence-corrected chi connectivity index (χ4v) is 7.49. The summed E-state index contributed by atoms with van der Waals surface area (Å²) < 4.78 is 25.1. The first-order valence-electron chi connectivity index (χ1n) is 21.1. The Morgan fingerprint density at radius 3 is 1.64 bits per heavy atom. The van der Waals surface area contributed by atoms with Crippen molar-refractivity contribution >= 4 is 56.0 Å². The van der Waals surface area contributed by atoms with Gasteiger partial charge in [0, 0.05) is 56.3 Å². The average molecular weight is 946 g/mol. The van der Waals surface area contributed by atoms with E-state index in [4.69, 9.17) is 21.3 Å². The predicted octanol–water partition coefficient (Wildman–Crippen LogP) is -0.902. The van der Waals surface area contributed by atoms with Gasteiger partial charge in [-0.2, -0.15) is 0 Å². The SMILES string of the molecule is CC(=O)C[C@@H](Cc1cn(CCP(=O)(O)O)nn1)C(=O)N[C@@H](C)C(=O)C[C@@H](CCCCN)C(=O)N[C@@H](Cc1cn(CCP(=O)(O)O)nn1)C(=O)C[C@@H](C)C(=O)N[C@@H](CCCCN)C(C)=O. The number of carbonyl (C=O) groups is 7. The first-order valence-corrected chi connectivity index (χ1v) is 24.7. The number of nitrogens with one attached hydrogen (secondary N) is 3. The number of rotatable bonds is 33. The highest BCUT2D eigenvalue weighted by atomic mass is 31.2. The molecule has 0 saturated carbocycles. The second-order valence-electron chi connectivity index (χ2n) is 16.2. The Morgan fingerprint density at radius 1 is 0.641 bits per heavy atom. The molecule has 2 aromatic rings. The van der Waals surface area contributed by atoms with Crippen LogP contribution in [0.1, 0.15) is 96.9 Å². The van der Waals surface area contributed by atoms with Gasteiger partial charge in [0.2, 0.25) is 17.7 Å². The van der Waals surface area contributed by atoms with Gasteiger partial charge in [-0.3, -0.25) is 47.3 Å². The Hall–Kier alpha value is -4.41. The number of aryl methyl sites for hydroxylation is 2. The maximum absolute atomic E-state index is 14.1. The summed E-state index contributed by atoms with van der Waals surface area (Å²) in [4.78, 5) is 130. The Labute approximate surface area is 371 Å². The number of ketones is 4. The van der Waals surface area contributed by atoms with Crippen LogP contribution in [0, 0.1) is 17.8 Å². The summed E-state index contributed by atoms with van der Waals surface area (Å²) in [6, 6.07) is -3.24. The van der Waals surface area contributed by atoms with E-state index < -0.39 is 92.7 Å². The van der Waals surface area contributed by atoms with Crippen LogP contribution in [-0.2, 0) is 68.6 Å². The van der Waals surface area contributed by atoms with E-state index >= 15 is 0 Å². The van der Waals surface area contributed by atoms with Crippen molar-refractivity contribution in [1.82, 2.24) is 45.9 Å². The molecule has 11 N–H and O–H groups in total. The molecule has 360 valence electrons. The molecule has 0 bridgehead atoms. The molecule has 0 saturated heterocycles. The Kier molecular flexibility index (Phi) is 23.6. The number of aromatic nitrogens is 6. The highest BCUT2D eigenvalue weighted by Gasteiger charge is 2.33. The van der Waals surface area contributed by atoms with Crippen molar-refractivity contribution < 1.29 is 62.3 Å². The summed E-state index contributed by atoms with van der Waals surface area (Å²) in [5.74, 6) is -6.59. The third-order valence-corrected chi connectivity index (χ3v) is 11.8. The molecule has 0 spiro atoms. The fraction of sp³-hybridized carbons (Fsp3) is 0.711. The highest BCUT2D eigenvalue weighted by Crippen LogP contribution is 2.34. The summed E-state index contributed by atoms with van der Waals surface area (Å²) in [6.45, 7) is 5.91. The smallest absolute Gasteiger partial charge is 0.327 e. The Balaban J connectivity index is 2.29. The van der Waals surface area contributed by atoms with Gasteiger partial charge in [-0.05, 0) is 66.0 Å². The number of hydrogen-bond donors (Lipinski definition) is 9. The second-order valence-corrected chi connectivity index (χ2v) is 19.8. The lowest BCUT2D eigenvalue weighted by Crippen LogP contribution is -2.48. The van der Waals surface area contributed by atoms with Gasteiger partial charge in [-0.1, -0.05) is 23.8 Å². The molecule has 0 aliphatic carbocycles. The van der Waals surface area contributed by atoms with Crippen LogP contribution in [0.4, 0.5) is 0 Å². The van der Waals surface area contributed by atoms with Crippen LogP contribution in [0.2, 0.25) is 0 Å². The van der Waals surface area contributed by atoms with Gasteiger partial charge in [-0.15, -0.1) is 10.2 Å². The number of hydrogen-bond acceptors (Lipinski definition) is 15. The maximum atomic E-state index is 14.1. The minimum Gasteiger partial charge on any atom is -0.346 e. The van der Waals surface area contributed by atoms with Gasteiger partial charge in [0.25, 0.3) is 0 Å². The molecule has 0 aromatic carbocycles. The summed E-state index contributed by atoms with van der Waals surface area (Å²) in [5, 5.41) is 23.6. The second kappa shape index (κ2) is 27.2. The Bertz CT molecular complexity index is 1980. The van der Waals surface area contributed by atoms with Gasteiger partial charge in [-0.25, -0.2) is 0 Å². The third-order valence-electron chi connectivity index (χ3n) is 10.3. The van der Waals surface area contributed by atoms with Crippen LogP contribution in [0.3, 0.4) is 0 Å². The van der Waals surface area contributed by atoms with Gasteiger partial charge in [0.05, 0.1) is 60.8 Å². The van der Waals surface area contributed by atoms with E-state index in [0.717, 1.165) is 0 Å². The molecule has 0 fully saturated rings. The molecule has 2 rings (SSSR count). The highest BCUT2D eigenvalue weighted by molar-refractivity contribution is 7.52. The van der Waals surface area contributed by atoms with Crippen LogP contribution in [0.25, 0.3) is 0 Å². The number of nitrogens with zero attached hydrogens (tertiary/aromatic N) is 6. The molecule has 26 heteroatoms. The molecule has 6 atom stereocenters. The largest absolute Gasteiger partial charge is 0.346 e. The first-order chi connectivity index (χ1) is 29.9. The zero-order valence-electron chi connectivity index (χ0n) is 36.8. The van der Waals surface area contributed by atoms with E-state index in [1.165, 1.54) is 49.5 Å². The zero-order chi connectivity index (χ0) is 48.2. The van der Waals surface area contributed by atoms with Gasteiger partial charge >= 0.3 is 15.2 Å². The normalized spacial score (nSPS) is 14.7. The fourth-order valence-electron chi connectivity index (χ4n) is 6.56. The number of Topliss-reactive ketones (excluding diaryl/α,β-unsaturated/α-hetero) is 4. The molecule has 3 amide bonds. The quantitative estimate of drug-likeness (QED) is 0.0309. The summed E-state index contributed by atoms with van der Waals surface area (Å²) >= 11 is 0. The molecular formula is C38H65N11O13P2. The van der Waals surface area contributed by atoms with E-state index in [1.807, 2.05) is 0 Å². The van der Waals surface area contributed by atoms with E-state index in [1.54, 1.807) is 0 Å². The van der Waals surface area contributed by atoms with E-state index in [2.05, 4.69) is 36.6 Å². The molecule has 0 aliphatic heterocycles. The lowest BCUT2D eigenvalue weighted by atomic mass is 9.91. The van der Waals surface area contributed by atoms with Crippen molar-refractivity contribution in [2.24, 2.45) is 29.2 Å². The molecule has 0 unspecified atom stereocenters. The molecule has 2 heterocycles. The third kappa shape index (κ3) is 22.0. The number of amides is 3. The number of unbranched alkanes of at least 4 members (excludes halogenated alkanes) is 2. The van der Waals surface area contributed by atoms with Crippen molar-refractivity contribution in [3.63, 3.8) is 0 Å². The van der Waals surface area contributed by atoms with Crippen molar-refractivity contribution in [2.75, 3.05) is 25.4 Å². The van der Waals surface area contributed by atoms with Gasteiger partial charge in [0.15, 0.2) is 17.3 Å². The topological polar surface area (TPSA) is 384 Å². The van der Waals surface area contributed by atoms with Gasteiger partial charge < -0.3 is 51.8 Å². The average Bonchev–Trinajstić information content (AvgIpc) is 3.86. The van der Waals surface area contributed by atoms with Crippen molar-refractivity contribution in [2.45, 2.75) is 130 Å². The van der Waals surface area contributed by atoms with Crippen LogP contribution >= 0.6 is 15.2 Å². The standard InChI is InChI=1S/C38H65N11O13P2/c1-24(36(54)42-32(27(4)51)10-6-8-12-40)17-35(53)33(21-31-23-49(47-45-31)14-16-64(60,61)62)43-37(55)28(9-5-7-11-39)20-34(52)26(3)41-38(56)29(18-25(2)50)19-30-22-48(46-44-30)13-15-63(57,58)59/h22-24,26,28-29,32-33H,5-21,39-40H2,1-4H3,(H,41,56)(H,42,54)(H,43,55)(H2,57,58,59)(H2,60,61,62)/t24-,26+,28-,29+,32+,33+/m1/s1. The number of carbonyl (C=O) groups excluding carboxylic acids is 7. The minimum absolute atomic E-state index is 0.0778. The molecular weight excluding hydrogens is 880 g/mol. The van der Waals surface area contributed by atoms with Crippen molar-refractivity contribution in [3.8, 4) is 0 Å². The minimum atomic E-state index is -4.38. The summed E-state index contributed by atoms with van der Waals surface area (Å²) in [7, 11) is -8.69. The zero-order valence-corrected chi connectivity index (χ0v) is 38.6. The lowest BCUT2D eigenvalue weighted by Gasteiger charge is -2.24. The lowest BCUT2D eigenvalue weighted by molar-refractivity contribution is -0.135. The molecule has 64 heavy (non-hydrogen) atoms.